The number of hydrogen-bond donors (Lipinski definition) is 0. The first-order valence-corrected chi connectivity index (χ1v) is 5.16. The molecule has 2 unspecified atom stereocenters. The van der Waals surface area contributed by atoms with Crippen molar-refractivity contribution in [2.24, 2.45) is 0 Å². The van der Waals surface area contributed by atoms with Gasteiger partial charge in [-0.3, -0.25) is 4.90 Å². The Morgan fingerprint density at radius 3 is 2.42 bits per heavy atom. The smallest absolute Gasteiger partial charge is 0.0266 e. The van der Waals surface area contributed by atoms with Crippen LogP contribution < -0.4 is 0 Å². The first kappa shape index (κ1) is 8.52. The van der Waals surface area contributed by atoms with Crippen molar-refractivity contribution in [3.05, 3.63) is 0 Å². The molecule has 0 aromatic rings. The van der Waals surface area contributed by atoms with Gasteiger partial charge in [0.15, 0.2) is 0 Å². The third-order valence-electron chi connectivity index (χ3n) is 3.56. The molecule has 0 N–H and O–H groups in total. The Kier molecular flexibility index (Phi) is 2.13. The normalized spacial score (nSPS) is 38.0. The molecule has 0 aromatic carbocycles. The summed E-state index contributed by atoms with van der Waals surface area (Å²) in [5.74, 6) is 0. The third-order valence-corrected chi connectivity index (χ3v) is 3.56. The van der Waals surface area contributed by atoms with Crippen LogP contribution in [0.2, 0.25) is 0 Å². The van der Waals surface area contributed by atoms with Gasteiger partial charge in [0.25, 0.3) is 0 Å². The summed E-state index contributed by atoms with van der Waals surface area (Å²) < 4.78 is 0. The fourth-order valence-electron chi connectivity index (χ4n) is 2.88. The Hall–Kier alpha value is -0.0800. The fourth-order valence-corrected chi connectivity index (χ4v) is 2.88. The number of rotatable bonds is 1. The summed E-state index contributed by atoms with van der Waals surface area (Å²) in [7, 11) is 2.27. The first-order valence-electron chi connectivity index (χ1n) is 5.16. The lowest BCUT2D eigenvalue weighted by atomic mass is 10.1. The van der Waals surface area contributed by atoms with Crippen LogP contribution in [0, 0.1) is 0 Å². The maximum absolute atomic E-state index is 2.67. The van der Waals surface area contributed by atoms with E-state index in [-0.39, 0.29) is 0 Å². The van der Waals surface area contributed by atoms with Crippen molar-refractivity contribution in [3.63, 3.8) is 0 Å². The Morgan fingerprint density at radius 1 is 1.08 bits per heavy atom. The van der Waals surface area contributed by atoms with Crippen LogP contribution in [0.5, 0.6) is 0 Å². The van der Waals surface area contributed by atoms with Gasteiger partial charge >= 0.3 is 0 Å². The largest absolute Gasteiger partial charge is 0.302 e. The SMILES string of the molecule is CC(C)N1CCC2C1CCN2C. The molecule has 2 fully saturated rings. The number of hydrogen-bond acceptors (Lipinski definition) is 2. The van der Waals surface area contributed by atoms with Gasteiger partial charge < -0.3 is 4.90 Å². The van der Waals surface area contributed by atoms with Crippen LogP contribution in [0.4, 0.5) is 0 Å². The average molecular weight is 168 g/mol. The lowest BCUT2D eigenvalue weighted by Gasteiger charge is -2.27. The van der Waals surface area contributed by atoms with Gasteiger partial charge in [0.1, 0.15) is 0 Å². The molecule has 2 rings (SSSR count). The zero-order valence-electron chi connectivity index (χ0n) is 8.45. The van der Waals surface area contributed by atoms with E-state index in [1.807, 2.05) is 0 Å². The van der Waals surface area contributed by atoms with E-state index in [1.165, 1.54) is 25.9 Å². The zero-order chi connectivity index (χ0) is 8.72. The number of likely N-dealkylation sites (N-methyl/N-ethyl adjacent to an activating group) is 1. The molecule has 0 aliphatic carbocycles. The molecule has 0 amide bonds. The summed E-state index contributed by atoms with van der Waals surface area (Å²) >= 11 is 0. The highest BCUT2D eigenvalue weighted by Crippen LogP contribution is 2.31. The molecule has 0 spiro atoms. The number of likely N-dealkylation sites (tertiary alicyclic amines) is 2. The molecule has 70 valence electrons. The molecule has 0 saturated carbocycles. The van der Waals surface area contributed by atoms with E-state index in [2.05, 4.69) is 30.7 Å². The molecule has 2 heteroatoms. The minimum atomic E-state index is 0.742. The van der Waals surface area contributed by atoms with Gasteiger partial charge in [-0.1, -0.05) is 0 Å². The van der Waals surface area contributed by atoms with Crippen molar-refractivity contribution < 1.29 is 0 Å². The second kappa shape index (κ2) is 3.00. The van der Waals surface area contributed by atoms with Crippen LogP contribution in [0.1, 0.15) is 26.7 Å². The molecular weight excluding hydrogens is 148 g/mol. The van der Waals surface area contributed by atoms with Gasteiger partial charge in [0.05, 0.1) is 0 Å². The maximum Gasteiger partial charge on any atom is 0.0266 e. The minimum Gasteiger partial charge on any atom is -0.302 e. The molecule has 2 atom stereocenters. The topological polar surface area (TPSA) is 6.48 Å². The standard InChI is InChI=1S/C10H20N2/c1-8(2)12-7-5-9-10(12)4-6-11(9)3/h8-10H,4-7H2,1-3H3. The lowest BCUT2D eigenvalue weighted by molar-refractivity contribution is 0.196. The van der Waals surface area contributed by atoms with Crippen molar-refractivity contribution in [3.8, 4) is 0 Å². The Labute approximate surface area is 75.5 Å². The molecular formula is C10H20N2. The lowest BCUT2D eigenvalue weighted by Crippen LogP contribution is -2.38. The van der Waals surface area contributed by atoms with Gasteiger partial charge in [-0.2, -0.15) is 0 Å². The Balaban J connectivity index is 2.05. The summed E-state index contributed by atoms with van der Waals surface area (Å²) in [6, 6.07) is 2.48. The summed E-state index contributed by atoms with van der Waals surface area (Å²) in [6.45, 7) is 7.26. The van der Waals surface area contributed by atoms with Gasteiger partial charge in [0, 0.05) is 24.7 Å². The molecule has 0 aromatic heterocycles. The Bertz CT molecular complexity index is 167. The van der Waals surface area contributed by atoms with Crippen molar-refractivity contribution in [1.29, 1.82) is 0 Å². The van der Waals surface area contributed by atoms with Gasteiger partial charge in [-0.05, 0) is 40.3 Å². The summed E-state index contributed by atoms with van der Waals surface area (Å²) in [6.07, 6.45) is 2.78. The van der Waals surface area contributed by atoms with E-state index in [0.29, 0.717) is 0 Å². The van der Waals surface area contributed by atoms with Crippen LogP contribution in [-0.4, -0.2) is 48.1 Å². The number of fused-ring (bicyclic) bond motifs is 1. The first-order chi connectivity index (χ1) is 5.70. The van der Waals surface area contributed by atoms with Crippen LogP contribution in [0.15, 0.2) is 0 Å². The molecule has 2 saturated heterocycles. The van der Waals surface area contributed by atoms with Crippen LogP contribution >= 0.6 is 0 Å². The highest BCUT2D eigenvalue weighted by atomic mass is 15.3. The number of nitrogens with zero attached hydrogens (tertiary/aromatic N) is 2. The van der Waals surface area contributed by atoms with E-state index in [0.717, 1.165) is 18.1 Å². The quantitative estimate of drug-likeness (QED) is 0.580. The molecule has 2 nitrogen and oxygen atoms in total. The van der Waals surface area contributed by atoms with Gasteiger partial charge in [-0.15, -0.1) is 0 Å². The second-order valence-corrected chi connectivity index (χ2v) is 4.52. The molecule has 12 heavy (non-hydrogen) atoms. The zero-order valence-corrected chi connectivity index (χ0v) is 8.45. The summed E-state index contributed by atoms with van der Waals surface area (Å²) in [5, 5.41) is 0. The average Bonchev–Trinajstić information content (AvgIpc) is 2.53. The Morgan fingerprint density at radius 2 is 1.75 bits per heavy atom. The third kappa shape index (κ3) is 1.17. The van der Waals surface area contributed by atoms with Crippen molar-refractivity contribution >= 4 is 0 Å². The molecule has 0 bridgehead atoms. The van der Waals surface area contributed by atoms with E-state index in [1.54, 1.807) is 0 Å². The predicted molar refractivity (Wildman–Crippen MR) is 51.3 cm³/mol. The minimum absolute atomic E-state index is 0.742. The molecule has 2 aliphatic rings. The fraction of sp³-hybridized carbons (Fsp3) is 1.00. The maximum atomic E-state index is 2.67. The van der Waals surface area contributed by atoms with Crippen LogP contribution in [0.25, 0.3) is 0 Å². The van der Waals surface area contributed by atoms with Crippen LogP contribution in [0.3, 0.4) is 0 Å². The highest BCUT2D eigenvalue weighted by Gasteiger charge is 2.41. The van der Waals surface area contributed by atoms with Crippen LogP contribution in [-0.2, 0) is 0 Å². The van der Waals surface area contributed by atoms with Gasteiger partial charge in [-0.25, -0.2) is 0 Å². The summed E-state index contributed by atoms with van der Waals surface area (Å²) in [4.78, 5) is 5.21. The van der Waals surface area contributed by atoms with E-state index in [9.17, 15) is 0 Å². The molecule has 2 aliphatic heterocycles. The monoisotopic (exact) mass is 168 g/mol. The summed E-state index contributed by atoms with van der Waals surface area (Å²) in [5.41, 5.74) is 0. The van der Waals surface area contributed by atoms with E-state index in [4.69, 9.17) is 0 Å². The van der Waals surface area contributed by atoms with Crippen molar-refractivity contribution in [2.75, 3.05) is 20.1 Å². The second-order valence-electron chi connectivity index (χ2n) is 4.52. The van der Waals surface area contributed by atoms with E-state index >= 15 is 0 Å². The molecule has 0 radical (unpaired) electrons. The van der Waals surface area contributed by atoms with Crippen molar-refractivity contribution in [1.82, 2.24) is 9.80 Å². The van der Waals surface area contributed by atoms with E-state index < -0.39 is 0 Å². The van der Waals surface area contributed by atoms with Crippen molar-refractivity contribution in [2.45, 2.75) is 44.8 Å². The molecule has 2 heterocycles. The predicted octanol–water partition coefficient (Wildman–Crippen LogP) is 1.17. The highest BCUT2D eigenvalue weighted by molar-refractivity contribution is 4.98. The van der Waals surface area contributed by atoms with Gasteiger partial charge in [0.2, 0.25) is 0 Å².